The lowest BCUT2D eigenvalue weighted by Gasteiger charge is -2.38. The molecule has 3 saturated heterocycles. The Kier molecular flexibility index (Phi) is 10.9. The van der Waals surface area contributed by atoms with Gasteiger partial charge < -0.3 is 24.2 Å². The molecular weight excluding hydrogens is 875 g/mol. The van der Waals surface area contributed by atoms with Crippen LogP contribution < -0.4 is 15.1 Å². The first-order chi connectivity index (χ1) is 32.8. The van der Waals surface area contributed by atoms with Crippen LogP contribution >= 0.6 is 0 Å². The van der Waals surface area contributed by atoms with E-state index in [0.717, 1.165) is 56.7 Å². The number of hydrogen-bond donors (Lipinski definition) is 1. The van der Waals surface area contributed by atoms with Gasteiger partial charge in [-0.2, -0.15) is 5.10 Å². The highest BCUT2D eigenvalue weighted by Gasteiger charge is 2.45. The van der Waals surface area contributed by atoms with Crippen molar-refractivity contribution in [2.45, 2.75) is 89.8 Å². The Bertz CT molecular complexity index is 2950. The fraction of sp³-hybridized carbons (Fsp3) is 0.440. The van der Waals surface area contributed by atoms with Crippen LogP contribution in [0.25, 0.3) is 22.0 Å². The minimum Gasteiger partial charge on any atom is -0.371 e. The molecule has 0 spiro atoms. The Balaban J connectivity index is 0.786. The SMILES string of the molecule is CC(=O)N1CCc2c(c(N3CCCc4cc(-c5cn(C)c6ccncc56)c(C(F)F)cc43)nn2C2CCN(C(=O)C3CCN(c4ccc5c(c4)C(=O)N(C4CCC(=O)NC4=O)C5=O)CC3)CC2)C1. The number of fused-ring (bicyclic) bond motifs is 4. The number of hydrogen-bond acceptors (Lipinski definition) is 10. The number of likely N-dealkylation sites (tertiary alicyclic amines) is 1. The molecule has 6 aliphatic heterocycles. The van der Waals surface area contributed by atoms with Gasteiger partial charge in [0, 0.05) is 130 Å². The largest absolute Gasteiger partial charge is 0.371 e. The topological polar surface area (TPSA) is 166 Å². The van der Waals surface area contributed by atoms with Crippen LogP contribution in [0, 0.1) is 5.92 Å². The van der Waals surface area contributed by atoms with E-state index in [1.807, 2.05) is 39.7 Å². The molecule has 6 aliphatic rings. The van der Waals surface area contributed by atoms with E-state index in [4.69, 9.17) is 5.10 Å². The second kappa shape index (κ2) is 17.0. The van der Waals surface area contributed by atoms with E-state index in [2.05, 4.69) is 24.8 Å². The average molecular weight is 927 g/mol. The highest BCUT2D eigenvalue weighted by molar-refractivity contribution is 6.23. The third-order valence-corrected chi connectivity index (χ3v) is 15.2. The molecule has 18 heteroatoms. The third kappa shape index (κ3) is 7.30. The Labute approximate surface area is 390 Å². The summed E-state index contributed by atoms with van der Waals surface area (Å²) in [6.45, 7) is 5.40. The van der Waals surface area contributed by atoms with Gasteiger partial charge in [-0.15, -0.1) is 0 Å². The van der Waals surface area contributed by atoms with Gasteiger partial charge in [-0.3, -0.25) is 48.6 Å². The first kappa shape index (κ1) is 43.6. The standard InChI is InChI=1S/C50H52F2N10O6/c1-28(63)59-21-14-41-39(27-59)46(60-16-3-4-30-22-34(35(45(51)52)24-43(30)60)38-26-56(2)40-9-15-53-25-37(38)40)55-62(41)31-12-19-58(20-13-31)48(66)29-10-17-57(18-11-29)32-5-6-33-36(23-32)50(68)61(49(33)67)42-7-8-44(64)54-47(42)65/h5-6,9,15,22-26,29,31,42,45H,3-4,7-8,10-14,16-21,27H2,1-2H3,(H,54,64,65). The number of amides is 6. The normalized spacial score (nSPS) is 20.4. The van der Waals surface area contributed by atoms with Crippen LogP contribution in [0.2, 0.25) is 0 Å². The van der Waals surface area contributed by atoms with Crippen molar-refractivity contribution in [3.05, 3.63) is 88.5 Å². The van der Waals surface area contributed by atoms with Crippen molar-refractivity contribution in [1.29, 1.82) is 0 Å². The Hall–Kier alpha value is -6.98. The monoisotopic (exact) mass is 926 g/mol. The van der Waals surface area contributed by atoms with Crippen molar-refractivity contribution in [1.82, 2.24) is 39.3 Å². The molecular formula is C50H52F2N10O6. The molecule has 5 aromatic rings. The highest BCUT2D eigenvalue weighted by atomic mass is 19.3. The molecule has 16 nitrogen and oxygen atoms in total. The van der Waals surface area contributed by atoms with Crippen molar-refractivity contribution in [2.75, 3.05) is 49.1 Å². The molecule has 0 saturated carbocycles. The number of carbonyl (C=O) groups is 6. The highest BCUT2D eigenvalue weighted by Crippen LogP contribution is 2.45. The van der Waals surface area contributed by atoms with Crippen LogP contribution in [0.1, 0.15) is 107 Å². The molecule has 3 aromatic heterocycles. The number of anilines is 3. The summed E-state index contributed by atoms with van der Waals surface area (Å²) >= 11 is 0. The summed E-state index contributed by atoms with van der Waals surface area (Å²) in [5.41, 5.74) is 6.97. The summed E-state index contributed by atoms with van der Waals surface area (Å²) in [5, 5.41) is 8.36. The molecule has 1 unspecified atom stereocenters. The first-order valence-electron chi connectivity index (χ1n) is 23.7. The number of benzene rings is 2. The van der Waals surface area contributed by atoms with E-state index in [0.29, 0.717) is 95.0 Å². The molecule has 9 heterocycles. The zero-order chi connectivity index (χ0) is 47.1. The molecule has 3 fully saturated rings. The summed E-state index contributed by atoms with van der Waals surface area (Å²) < 4.78 is 34.3. The van der Waals surface area contributed by atoms with Crippen LogP contribution in [-0.4, -0.2) is 115 Å². The number of rotatable bonds is 7. The first-order valence-corrected chi connectivity index (χ1v) is 23.7. The van der Waals surface area contributed by atoms with Crippen molar-refractivity contribution in [3.8, 4) is 11.1 Å². The molecule has 352 valence electrons. The van der Waals surface area contributed by atoms with E-state index in [1.165, 1.54) is 0 Å². The number of piperidine rings is 3. The van der Waals surface area contributed by atoms with Crippen molar-refractivity contribution < 1.29 is 37.5 Å². The van der Waals surface area contributed by atoms with Crippen molar-refractivity contribution in [2.24, 2.45) is 13.0 Å². The second-order valence-corrected chi connectivity index (χ2v) is 19.0. The maximum absolute atomic E-state index is 15.1. The van der Waals surface area contributed by atoms with Gasteiger partial charge in [0.25, 0.3) is 18.2 Å². The summed E-state index contributed by atoms with van der Waals surface area (Å²) in [7, 11) is 1.91. The summed E-state index contributed by atoms with van der Waals surface area (Å²) in [5.74, 6) is -1.55. The van der Waals surface area contributed by atoms with Crippen LogP contribution in [0.15, 0.2) is 55.0 Å². The lowest BCUT2D eigenvalue weighted by atomic mass is 9.91. The van der Waals surface area contributed by atoms with Gasteiger partial charge in [-0.05, 0) is 92.5 Å². The number of alkyl halides is 2. The number of carbonyl (C=O) groups excluding carboxylic acids is 6. The van der Waals surface area contributed by atoms with Crippen molar-refractivity contribution in [3.63, 3.8) is 0 Å². The molecule has 68 heavy (non-hydrogen) atoms. The van der Waals surface area contributed by atoms with Crippen LogP contribution in [0.3, 0.4) is 0 Å². The van der Waals surface area contributed by atoms with Crippen LogP contribution in [-0.2, 0) is 45.6 Å². The lowest BCUT2D eigenvalue weighted by molar-refractivity contribution is -0.138. The van der Waals surface area contributed by atoms with E-state index in [-0.39, 0.29) is 53.3 Å². The Morgan fingerprint density at radius 2 is 1.59 bits per heavy atom. The van der Waals surface area contributed by atoms with E-state index < -0.39 is 36.1 Å². The summed E-state index contributed by atoms with van der Waals surface area (Å²) in [6, 6.07) is 9.54. The maximum atomic E-state index is 15.1. The van der Waals surface area contributed by atoms with E-state index in [1.54, 1.807) is 43.6 Å². The number of halogens is 2. The molecule has 2 aromatic carbocycles. The van der Waals surface area contributed by atoms with Gasteiger partial charge in [-0.1, -0.05) is 0 Å². The fourth-order valence-electron chi connectivity index (χ4n) is 11.6. The number of aryl methyl sites for hydroxylation is 2. The number of pyridine rings is 1. The van der Waals surface area contributed by atoms with Gasteiger partial charge in [0.1, 0.15) is 6.04 Å². The summed E-state index contributed by atoms with van der Waals surface area (Å²) in [4.78, 5) is 91.0. The predicted molar refractivity (Wildman–Crippen MR) is 246 cm³/mol. The number of nitrogens with zero attached hydrogens (tertiary/aromatic N) is 9. The molecule has 1 atom stereocenters. The second-order valence-electron chi connectivity index (χ2n) is 19.0. The Morgan fingerprint density at radius 3 is 2.34 bits per heavy atom. The molecule has 11 rings (SSSR count). The van der Waals surface area contributed by atoms with Gasteiger partial charge >= 0.3 is 0 Å². The minimum absolute atomic E-state index is 0.0100. The average Bonchev–Trinajstić information content (AvgIpc) is 3.98. The van der Waals surface area contributed by atoms with E-state index in [9.17, 15) is 28.8 Å². The quantitative estimate of drug-likeness (QED) is 0.196. The molecule has 6 amide bonds. The smallest absolute Gasteiger partial charge is 0.264 e. The Morgan fingerprint density at radius 1 is 0.809 bits per heavy atom. The van der Waals surface area contributed by atoms with Gasteiger partial charge in [-0.25, -0.2) is 8.78 Å². The minimum atomic E-state index is -2.72. The number of nitrogens with one attached hydrogen (secondary N) is 1. The van der Waals surface area contributed by atoms with Gasteiger partial charge in [0.15, 0.2) is 5.82 Å². The summed E-state index contributed by atoms with van der Waals surface area (Å²) in [6.07, 6.45) is 7.52. The van der Waals surface area contributed by atoms with Crippen molar-refractivity contribution >= 4 is 63.5 Å². The molecule has 0 radical (unpaired) electrons. The zero-order valence-electron chi connectivity index (χ0n) is 38.0. The maximum Gasteiger partial charge on any atom is 0.264 e. The predicted octanol–water partition coefficient (Wildman–Crippen LogP) is 5.84. The zero-order valence-corrected chi connectivity index (χ0v) is 38.0. The molecule has 1 N–H and O–H groups in total. The number of imide groups is 2. The number of aromatic nitrogens is 4. The molecule has 0 bridgehead atoms. The third-order valence-electron chi connectivity index (χ3n) is 15.2. The fourth-order valence-corrected chi connectivity index (χ4v) is 11.6. The molecule has 0 aliphatic carbocycles. The lowest BCUT2D eigenvalue weighted by Crippen LogP contribution is -2.54. The van der Waals surface area contributed by atoms with E-state index >= 15 is 8.78 Å². The van der Waals surface area contributed by atoms with Crippen LogP contribution in [0.5, 0.6) is 0 Å². The van der Waals surface area contributed by atoms with Crippen LogP contribution in [0.4, 0.5) is 26.0 Å². The van der Waals surface area contributed by atoms with Gasteiger partial charge in [0.2, 0.25) is 23.6 Å². The van der Waals surface area contributed by atoms with Gasteiger partial charge in [0.05, 0.1) is 29.2 Å².